The maximum atomic E-state index is 12.8. The summed E-state index contributed by atoms with van der Waals surface area (Å²) in [6.45, 7) is -0.482. The van der Waals surface area contributed by atoms with Crippen LogP contribution in [0.2, 0.25) is 0 Å². The summed E-state index contributed by atoms with van der Waals surface area (Å²) in [5.41, 5.74) is 1.26. The van der Waals surface area contributed by atoms with Gasteiger partial charge in [-0.05, 0) is 17.7 Å². The summed E-state index contributed by atoms with van der Waals surface area (Å²) < 4.78 is 5.04. The molecule has 2 aromatic rings. The van der Waals surface area contributed by atoms with Gasteiger partial charge in [-0.25, -0.2) is 4.79 Å². The van der Waals surface area contributed by atoms with Crippen LogP contribution in [-0.4, -0.2) is 48.3 Å². The first-order valence-electron chi connectivity index (χ1n) is 8.41. The van der Waals surface area contributed by atoms with Gasteiger partial charge in [-0.2, -0.15) is 0 Å². The molecule has 0 radical (unpaired) electrons. The molecule has 1 aliphatic rings. The number of benzene rings is 2. The molecule has 3 rings (SSSR count). The van der Waals surface area contributed by atoms with E-state index in [2.05, 4.69) is 5.32 Å². The van der Waals surface area contributed by atoms with Crippen LogP contribution in [0.25, 0.3) is 0 Å². The molecule has 0 saturated carbocycles. The van der Waals surface area contributed by atoms with Crippen LogP contribution in [0.4, 0.5) is 0 Å². The van der Waals surface area contributed by atoms with E-state index < -0.39 is 36.3 Å². The SMILES string of the molecule is CNC(=O)COC(=O)[C@@H](Cc1ccccc1)N1C(=O)c2ccccc2C1=O. The lowest BCUT2D eigenvalue weighted by atomic mass is 10.0. The van der Waals surface area contributed by atoms with E-state index in [0.717, 1.165) is 10.5 Å². The Morgan fingerprint density at radius 3 is 2.07 bits per heavy atom. The Kier molecular flexibility index (Phi) is 5.30. The monoisotopic (exact) mass is 366 g/mol. The molecule has 0 aromatic heterocycles. The third-order valence-electron chi connectivity index (χ3n) is 4.31. The summed E-state index contributed by atoms with van der Waals surface area (Å²) in [6, 6.07) is 14.2. The number of carbonyl (C=O) groups excluding carboxylic acids is 4. The molecule has 0 aliphatic carbocycles. The van der Waals surface area contributed by atoms with E-state index in [-0.39, 0.29) is 17.5 Å². The van der Waals surface area contributed by atoms with Crippen LogP contribution < -0.4 is 5.32 Å². The van der Waals surface area contributed by atoms with E-state index in [9.17, 15) is 19.2 Å². The smallest absolute Gasteiger partial charge is 0.330 e. The second kappa shape index (κ2) is 7.82. The molecule has 7 heteroatoms. The zero-order valence-electron chi connectivity index (χ0n) is 14.7. The summed E-state index contributed by atoms with van der Waals surface area (Å²) in [4.78, 5) is 50.5. The van der Waals surface area contributed by atoms with Crippen molar-refractivity contribution < 1.29 is 23.9 Å². The van der Waals surface area contributed by atoms with Crippen molar-refractivity contribution in [3.8, 4) is 0 Å². The van der Waals surface area contributed by atoms with Gasteiger partial charge in [0.25, 0.3) is 17.7 Å². The van der Waals surface area contributed by atoms with Crippen molar-refractivity contribution in [2.45, 2.75) is 12.5 Å². The zero-order chi connectivity index (χ0) is 19.4. The van der Waals surface area contributed by atoms with Gasteiger partial charge in [-0.1, -0.05) is 42.5 Å². The average Bonchev–Trinajstić information content (AvgIpc) is 2.95. The molecule has 2 aromatic carbocycles. The molecule has 1 heterocycles. The number of nitrogens with zero attached hydrogens (tertiary/aromatic N) is 1. The lowest BCUT2D eigenvalue weighted by molar-refractivity contribution is -0.152. The van der Waals surface area contributed by atoms with E-state index in [4.69, 9.17) is 4.74 Å². The van der Waals surface area contributed by atoms with Crippen molar-refractivity contribution in [2.75, 3.05) is 13.7 Å². The minimum absolute atomic E-state index is 0.0961. The van der Waals surface area contributed by atoms with Crippen LogP contribution in [0.3, 0.4) is 0 Å². The quantitative estimate of drug-likeness (QED) is 0.612. The van der Waals surface area contributed by atoms with Crippen molar-refractivity contribution in [3.63, 3.8) is 0 Å². The lowest BCUT2D eigenvalue weighted by Crippen LogP contribution is -2.47. The summed E-state index contributed by atoms with van der Waals surface area (Å²) in [5.74, 6) is -2.39. The minimum atomic E-state index is -1.16. The number of ether oxygens (including phenoxy) is 1. The van der Waals surface area contributed by atoms with Gasteiger partial charge in [0.2, 0.25) is 0 Å². The molecule has 3 amide bonds. The Morgan fingerprint density at radius 1 is 0.963 bits per heavy atom. The van der Waals surface area contributed by atoms with E-state index in [0.29, 0.717) is 0 Å². The van der Waals surface area contributed by atoms with Crippen LogP contribution in [0, 0.1) is 0 Å². The largest absolute Gasteiger partial charge is 0.454 e. The highest BCUT2D eigenvalue weighted by Gasteiger charge is 2.43. The molecule has 1 N–H and O–H groups in total. The number of likely N-dealkylation sites (N-methyl/N-ethyl adjacent to an activating group) is 1. The van der Waals surface area contributed by atoms with E-state index in [1.807, 2.05) is 6.07 Å². The number of fused-ring (bicyclic) bond motifs is 1. The Balaban J connectivity index is 1.90. The number of esters is 1. The van der Waals surface area contributed by atoms with Crippen molar-refractivity contribution in [1.82, 2.24) is 10.2 Å². The number of carbonyl (C=O) groups is 4. The van der Waals surface area contributed by atoms with Gasteiger partial charge in [0.15, 0.2) is 6.61 Å². The molecule has 138 valence electrons. The van der Waals surface area contributed by atoms with E-state index in [1.165, 1.54) is 7.05 Å². The van der Waals surface area contributed by atoms with E-state index >= 15 is 0 Å². The van der Waals surface area contributed by atoms with E-state index in [1.54, 1.807) is 48.5 Å². The summed E-state index contributed by atoms with van der Waals surface area (Å²) >= 11 is 0. The molecule has 27 heavy (non-hydrogen) atoms. The highest BCUT2D eigenvalue weighted by atomic mass is 16.5. The van der Waals surface area contributed by atoms with Crippen LogP contribution in [0.15, 0.2) is 54.6 Å². The van der Waals surface area contributed by atoms with Gasteiger partial charge in [-0.3, -0.25) is 19.3 Å². The zero-order valence-corrected chi connectivity index (χ0v) is 14.7. The maximum absolute atomic E-state index is 12.8. The number of rotatable bonds is 6. The highest BCUT2D eigenvalue weighted by Crippen LogP contribution is 2.26. The molecular weight excluding hydrogens is 348 g/mol. The maximum Gasteiger partial charge on any atom is 0.330 e. The van der Waals surface area contributed by atoms with Crippen LogP contribution in [0.1, 0.15) is 26.3 Å². The standard InChI is InChI=1S/C20H18N2O5/c1-21-17(23)12-27-20(26)16(11-13-7-3-2-4-8-13)22-18(24)14-9-5-6-10-15(14)19(22)25/h2-10,16H,11-12H2,1H3,(H,21,23)/t16-/m1/s1. The van der Waals surface area contributed by atoms with Gasteiger partial charge < -0.3 is 10.1 Å². The first-order valence-corrected chi connectivity index (χ1v) is 8.41. The molecular formula is C20H18N2O5. The summed E-state index contributed by atoms with van der Waals surface area (Å²) in [6.07, 6.45) is 0.0961. The Morgan fingerprint density at radius 2 is 1.52 bits per heavy atom. The van der Waals surface area contributed by atoms with Gasteiger partial charge in [0.1, 0.15) is 6.04 Å². The number of hydrogen-bond donors (Lipinski definition) is 1. The average molecular weight is 366 g/mol. The summed E-state index contributed by atoms with van der Waals surface area (Å²) in [5, 5.41) is 2.35. The fraction of sp³-hybridized carbons (Fsp3) is 0.200. The molecule has 0 bridgehead atoms. The van der Waals surface area contributed by atoms with Crippen LogP contribution in [-0.2, 0) is 20.7 Å². The predicted octanol–water partition coefficient (Wildman–Crippen LogP) is 1.18. The fourth-order valence-electron chi connectivity index (χ4n) is 2.91. The number of amides is 3. The van der Waals surface area contributed by atoms with Crippen molar-refractivity contribution in [3.05, 3.63) is 71.3 Å². The first-order chi connectivity index (χ1) is 13.0. The number of hydrogen-bond acceptors (Lipinski definition) is 5. The van der Waals surface area contributed by atoms with Crippen LogP contribution >= 0.6 is 0 Å². The molecule has 1 aliphatic heterocycles. The van der Waals surface area contributed by atoms with Crippen LogP contribution in [0.5, 0.6) is 0 Å². The van der Waals surface area contributed by atoms with Crippen molar-refractivity contribution >= 4 is 23.7 Å². The van der Waals surface area contributed by atoms with Gasteiger partial charge in [-0.15, -0.1) is 0 Å². The normalized spacial score (nSPS) is 13.9. The molecule has 0 fully saturated rings. The number of nitrogens with one attached hydrogen (secondary N) is 1. The molecule has 0 unspecified atom stereocenters. The summed E-state index contributed by atoms with van der Waals surface area (Å²) in [7, 11) is 1.42. The number of imide groups is 1. The van der Waals surface area contributed by atoms with Crippen molar-refractivity contribution in [1.29, 1.82) is 0 Å². The Hall–Kier alpha value is -3.48. The fourth-order valence-corrected chi connectivity index (χ4v) is 2.91. The topological polar surface area (TPSA) is 92.8 Å². The third kappa shape index (κ3) is 3.72. The van der Waals surface area contributed by atoms with Gasteiger partial charge in [0, 0.05) is 13.5 Å². The Bertz CT molecular complexity index is 859. The highest BCUT2D eigenvalue weighted by molar-refractivity contribution is 6.22. The molecule has 7 nitrogen and oxygen atoms in total. The van der Waals surface area contributed by atoms with Gasteiger partial charge in [0.05, 0.1) is 11.1 Å². The lowest BCUT2D eigenvalue weighted by Gasteiger charge is -2.24. The second-order valence-electron chi connectivity index (χ2n) is 6.01. The molecule has 1 atom stereocenters. The Labute approximate surface area is 155 Å². The van der Waals surface area contributed by atoms with Gasteiger partial charge >= 0.3 is 5.97 Å². The molecule has 0 saturated heterocycles. The minimum Gasteiger partial charge on any atom is -0.454 e. The predicted molar refractivity (Wildman–Crippen MR) is 95.9 cm³/mol. The third-order valence-corrected chi connectivity index (χ3v) is 4.31. The second-order valence-corrected chi connectivity index (χ2v) is 6.01. The van der Waals surface area contributed by atoms with Crippen molar-refractivity contribution in [2.24, 2.45) is 0 Å². The first kappa shape index (κ1) is 18.3. The molecule has 0 spiro atoms.